The van der Waals surface area contributed by atoms with E-state index in [-0.39, 0.29) is 5.97 Å². The largest absolute Gasteiger partial charge is 0.465 e. The monoisotopic (exact) mass is 275 g/mol. The number of rotatable bonds is 3. The third kappa shape index (κ3) is 2.50. The van der Waals surface area contributed by atoms with E-state index in [0.717, 1.165) is 37.4 Å². The standard InChI is InChI=1S/C15H21N3O2/c1-18(11-3-4-11)14-12(15(19)20-2)9-10-5-7-16-8-6-13(10)17-14/h9,11,16H,3-8H2,1-2H3. The number of pyridine rings is 1. The maximum Gasteiger partial charge on any atom is 0.341 e. The minimum atomic E-state index is -0.292. The minimum Gasteiger partial charge on any atom is -0.465 e. The molecule has 5 heteroatoms. The van der Waals surface area contributed by atoms with Gasteiger partial charge in [0.1, 0.15) is 11.4 Å². The molecule has 20 heavy (non-hydrogen) atoms. The molecular weight excluding hydrogens is 254 g/mol. The summed E-state index contributed by atoms with van der Waals surface area (Å²) in [4.78, 5) is 19.0. The molecule has 1 aromatic rings. The molecule has 1 aliphatic carbocycles. The van der Waals surface area contributed by atoms with Crippen molar-refractivity contribution in [2.45, 2.75) is 31.7 Å². The number of esters is 1. The Hall–Kier alpha value is -1.62. The third-order valence-electron chi connectivity index (χ3n) is 4.11. The molecule has 0 amide bonds. The average Bonchev–Trinajstić information content (AvgIpc) is 3.30. The van der Waals surface area contributed by atoms with Crippen molar-refractivity contribution in [2.75, 3.05) is 32.1 Å². The highest BCUT2D eigenvalue weighted by molar-refractivity contribution is 5.95. The van der Waals surface area contributed by atoms with Crippen molar-refractivity contribution < 1.29 is 9.53 Å². The molecular formula is C15H21N3O2. The summed E-state index contributed by atoms with van der Waals surface area (Å²) in [5.74, 6) is 0.486. The Balaban J connectivity index is 2.04. The Morgan fingerprint density at radius 2 is 2.15 bits per heavy atom. The molecule has 0 aromatic carbocycles. The molecule has 1 aromatic heterocycles. The van der Waals surface area contributed by atoms with Crippen LogP contribution in [0.4, 0.5) is 5.82 Å². The zero-order valence-corrected chi connectivity index (χ0v) is 12.1. The molecule has 1 aliphatic heterocycles. The van der Waals surface area contributed by atoms with Gasteiger partial charge in [-0.15, -0.1) is 0 Å². The lowest BCUT2D eigenvalue weighted by molar-refractivity contribution is 0.0601. The number of anilines is 1. The van der Waals surface area contributed by atoms with Crippen LogP contribution in [0.1, 0.15) is 34.5 Å². The summed E-state index contributed by atoms with van der Waals surface area (Å²) in [6.07, 6.45) is 4.19. The Kier molecular flexibility index (Phi) is 3.61. The van der Waals surface area contributed by atoms with Crippen molar-refractivity contribution in [3.8, 4) is 0 Å². The van der Waals surface area contributed by atoms with Crippen molar-refractivity contribution in [2.24, 2.45) is 0 Å². The van der Waals surface area contributed by atoms with Gasteiger partial charge >= 0.3 is 5.97 Å². The molecule has 1 saturated carbocycles. The van der Waals surface area contributed by atoms with Crippen molar-refractivity contribution in [1.29, 1.82) is 0 Å². The fourth-order valence-corrected chi connectivity index (χ4v) is 2.73. The van der Waals surface area contributed by atoms with Gasteiger partial charge in [-0.1, -0.05) is 0 Å². The fraction of sp³-hybridized carbons (Fsp3) is 0.600. The zero-order valence-electron chi connectivity index (χ0n) is 12.1. The van der Waals surface area contributed by atoms with Crippen LogP contribution in [-0.2, 0) is 17.6 Å². The van der Waals surface area contributed by atoms with Gasteiger partial charge in [-0.25, -0.2) is 9.78 Å². The van der Waals surface area contributed by atoms with E-state index in [4.69, 9.17) is 9.72 Å². The van der Waals surface area contributed by atoms with Crippen molar-refractivity contribution >= 4 is 11.8 Å². The molecule has 0 atom stereocenters. The summed E-state index contributed by atoms with van der Waals surface area (Å²) in [5.41, 5.74) is 2.89. The highest BCUT2D eigenvalue weighted by atomic mass is 16.5. The second-order valence-corrected chi connectivity index (χ2v) is 5.55. The van der Waals surface area contributed by atoms with Gasteiger partial charge in [0.2, 0.25) is 0 Å². The van der Waals surface area contributed by atoms with E-state index in [9.17, 15) is 4.79 Å². The molecule has 5 nitrogen and oxygen atoms in total. The smallest absolute Gasteiger partial charge is 0.341 e. The van der Waals surface area contributed by atoms with Gasteiger partial charge in [0, 0.05) is 31.7 Å². The summed E-state index contributed by atoms with van der Waals surface area (Å²) in [5, 5.41) is 3.37. The summed E-state index contributed by atoms with van der Waals surface area (Å²) in [6.45, 7) is 1.89. The Labute approximate surface area is 119 Å². The Morgan fingerprint density at radius 3 is 2.85 bits per heavy atom. The molecule has 108 valence electrons. The first-order chi connectivity index (χ1) is 9.70. The number of fused-ring (bicyclic) bond motifs is 1. The van der Waals surface area contributed by atoms with Crippen LogP contribution in [-0.4, -0.2) is 44.2 Å². The predicted octanol–water partition coefficient (Wildman–Crippen LogP) is 1.15. The molecule has 0 radical (unpaired) electrons. The second-order valence-electron chi connectivity index (χ2n) is 5.55. The number of nitrogens with zero attached hydrogens (tertiary/aromatic N) is 2. The lowest BCUT2D eigenvalue weighted by Gasteiger charge is -2.22. The van der Waals surface area contributed by atoms with Crippen molar-refractivity contribution in [1.82, 2.24) is 10.3 Å². The van der Waals surface area contributed by atoms with E-state index in [2.05, 4.69) is 10.2 Å². The lowest BCUT2D eigenvalue weighted by atomic mass is 10.1. The molecule has 2 heterocycles. The van der Waals surface area contributed by atoms with Crippen LogP contribution in [0.25, 0.3) is 0 Å². The maximum atomic E-state index is 12.0. The zero-order chi connectivity index (χ0) is 14.1. The molecule has 0 unspecified atom stereocenters. The quantitative estimate of drug-likeness (QED) is 0.839. The summed E-state index contributed by atoms with van der Waals surface area (Å²) in [6, 6.07) is 2.50. The van der Waals surface area contributed by atoms with Crippen LogP contribution in [0.2, 0.25) is 0 Å². The first-order valence-electron chi connectivity index (χ1n) is 7.25. The van der Waals surface area contributed by atoms with E-state index < -0.39 is 0 Å². The summed E-state index contributed by atoms with van der Waals surface area (Å²) < 4.78 is 4.93. The number of carbonyl (C=O) groups excluding carboxylic acids is 1. The molecule has 3 rings (SSSR count). The normalized spacial score (nSPS) is 18.1. The maximum absolute atomic E-state index is 12.0. The van der Waals surface area contributed by atoms with Crippen molar-refractivity contribution in [3.05, 3.63) is 22.9 Å². The Morgan fingerprint density at radius 1 is 1.40 bits per heavy atom. The first kappa shape index (κ1) is 13.4. The highest BCUT2D eigenvalue weighted by Crippen LogP contribution is 2.32. The van der Waals surface area contributed by atoms with Gasteiger partial charge in [-0.2, -0.15) is 0 Å². The van der Waals surface area contributed by atoms with Crippen LogP contribution in [0.5, 0.6) is 0 Å². The number of aromatic nitrogens is 1. The average molecular weight is 275 g/mol. The molecule has 0 bridgehead atoms. The highest BCUT2D eigenvalue weighted by Gasteiger charge is 2.31. The van der Waals surface area contributed by atoms with Crippen LogP contribution in [0.3, 0.4) is 0 Å². The van der Waals surface area contributed by atoms with Crippen LogP contribution < -0.4 is 10.2 Å². The number of hydrogen-bond donors (Lipinski definition) is 1. The van der Waals surface area contributed by atoms with E-state index in [1.54, 1.807) is 0 Å². The summed E-state index contributed by atoms with van der Waals surface area (Å²) >= 11 is 0. The SMILES string of the molecule is COC(=O)c1cc2c(nc1N(C)C1CC1)CCNCC2. The number of hydrogen-bond acceptors (Lipinski definition) is 5. The van der Waals surface area contributed by atoms with E-state index in [1.165, 1.54) is 25.5 Å². The fourth-order valence-electron chi connectivity index (χ4n) is 2.73. The van der Waals surface area contributed by atoms with E-state index >= 15 is 0 Å². The number of nitrogens with one attached hydrogen (secondary N) is 1. The second kappa shape index (κ2) is 5.40. The minimum absolute atomic E-state index is 0.292. The summed E-state index contributed by atoms with van der Waals surface area (Å²) in [7, 11) is 3.45. The molecule has 0 spiro atoms. The molecule has 0 saturated heterocycles. The molecule has 1 N–H and O–H groups in total. The topological polar surface area (TPSA) is 54.5 Å². The van der Waals surface area contributed by atoms with Gasteiger partial charge in [0.15, 0.2) is 0 Å². The first-order valence-corrected chi connectivity index (χ1v) is 7.25. The molecule has 2 aliphatic rings. The van der Waals surface area contributed by atoms with E-state index in [1.807, 2.05) is 13.1 Å². The number of ether oxygens (including phenoxy) is 1. The van der Waals surface area contributed by atoms with Gasteiger partial charge < -0.3 is 15.0 Å². The van der Waals surface area contributed by atoms with Gasteiger partial charge in [-0.05, 0) is 37.4 Å². The lowest BCUT2D eigenvalue weighted by Crippen LogP contribution is -2.25. The van der Waals surface area contributed by atoms with Crippen LogP contribution >= 0.6 is 0 Å². The van der Waals surface area contributed by atoms with Gasteiger partial charge in [-0.3, -0.25) is 0 Å². The van der Waals surface area contributed by atoms with Crippen LogP contribution in [0.15, 0.2) is 6.07 Å². The van der Waals surface area contributed by atoms with E-state index in [0.29, 0.717) is 11.6 Å². The molecule has 1 fully saturated rings. The number of carbonyl (C=O) groups is 1. The van der Waals surface area contributed by atoms with Gasteiger partial charge in [0.25, 0.3) is 0 Å². The third-order valence-corrected chi connectivity index (χ3v) is 4.11. The van der Waals surface area contributed by atoms with Crippen LogP contribution in [0, 0.1) is 0 Å². The Bertz CT molecular complexity index is 526. The number of methoxy groups -OCH3 is 1. The van der Waals surface area contributed by atoms with Gasteiger partial charge in [0.05, 0.1) is 7.11 Å². The van der Waals surface area contributed by atoms with Crippen molar-refractivity contribution in [3.63, 3.8) is 0 Å². The predicted molar refractivity (Wildman–Crippen MR) is 77.3 cm³/mol.